The van der Waals surface area contributed by atoms with Crippen LogP contribution in [0.5, 0.6) is 0 Å². The Labute approximate surface area is 352 Å². The highest BCUT2D eigenvalue weighted by Crippen LogP contribution is 2.22. The first kappa shape index (κ1) is 55.1. The number of ether oxygens (including phenoxy) is 4. The first-order valence-corrected chi connectivity index (χ1v) is 24.4. The van der Waals surface area contributed by atoms with Crippen LogP contribution in [0.15, 0.2) is 0 Å². The van der Waals surface area contributed by atoms with Crippen LogP contribution in [0.4, 0.5) is 4.79 Å². The van der Waals surface area contributed by atoms with Gasteiger partial charge in [-0.1, -0.05) is 151 Å². The second-order valence-electron chi connectivity index (χ2n) is 16.4. The van der Waals surface area contributed by atoms with Crippen molar-refractivity contribution in [1.29, 1.82) is 0 Å². The third kappa shape index (κ3) is 32.6. The Morgan fingerprint density at radius 2 is 0.754 bits per heavy atom. The molecule has 9 heteroatoms. The Morgan fingerprint density at radius 1 is 0.386 bits per heavy atom. The zero-order valence-corrected chi connectivity index (χ0v) is 38.7. The Hall–Kier alpha value is -1.87. The SMILES string of the molecule is CCCCCC(CCCCC)C(=O)OCCCCCCC(CCCCCCOC(=O)C(CCCCC)CCCCC)OC(=O)OCCN(CC)CCN(CC)CC. The van der Waals surface area contributed by atoms with Gasteiger partial charge in [-0.05, 0) is 83.8 Å². The van der Waals surface area contributed by atoms with E-state index in [-0.39, 0.29) is 29.9 Å². The molecule has 0 rings (SSSR count). The molecule has 0 aromatic heterocycles. The summed E-state index contributed by atoms with van der Waals surface area (Å²) < 4.78 is 23.0. The average Bonchev–Trinajstić information content (AvgIpc) is 3.21. The van der Waals surface area contributed by atoms with Crippen LogP contribution in [0.2, 0.25) is 0 Å². The van der Waals surface area contributed by atoms with Crippen molar-refractivity contribution in [2.75, 3.05) is 59.1 Å². The van der Waals surface area contributed by atoms with Gasteiger partial charge >= 0.3 is 18.1 Å². The summed E-state index contributed by atoms with van der Waals surface area (Å²) in [5.41, 5.74) is 0. The van der Waals surface area contributed by atoms with Crippen molar-refractivity contribution < 1.29 is 33.3 Å². The number of hydrogen-bond acceptors (Lipinski definition) is 9. The second kappa shape index (κ2) is 40.9. The molecule has 9 nitrogen and oxygen atoms in total. The molecule has 0 aliphatic carbocycles. The van der Waals surface area contributed by atoms with Gasteiger partial charge in [0, 0.05) is 19.6 Å². The van der Waals surface area contributed by atoms with Crippen molar-refractivity contribution in [1.82, 2.24) is 9.80 Å². The van der Waals surface area contributed by atoms with Gasteiger partial charge in [-0.25, -0.2) is 4.79 Å². The van der Waals surface area contributed by atoms with Crippen molar-refractivity contribution in [3.05, 3.63) is 0 Å². The van der Waals surface area contributed by atoms with Crippen molar-refractivity contribution >= 4 is 18.1 Å². The minimum atomic E-state index is -0.571. The lowest BCUT2D eigenvalue weighted by molar-refractivity contribution is -0.150. The highest BCUT2D eigenvalue weighted by atomic mass is 16.7. The molecule has 0 aromatic carbocycles. The van der Waals surface area contributed by atoms with Gasteiger partial charge in [0.15, 0.2) is 0 Å². The molecule has 0 saturated carbocycles. The molecular formula is C48H94N2O7. The van der Waals surface area contributed by atoms with Gasteiger partial charge in [0.25, 0.3) is 0 Å². The molecule has 0 amide bonds. The standard InChI is InChI=1S/C48H94N2O7/c1-8-15-23-31-43(32-24-16-9-2)46(51)54-40-29-21-19-27-35-45(57-48(53)56-42-39-50(14-7)38-37-49(12-5)13-6)36-28-20-22-30-41-55-47(52)44(33-25-17-10-3)34-26-18-11-4/h43-45H,8-42H2,1-7H3. The maximum atomic E-state index is 12.8. The summed E-state index contributed by atoms with van der Waals surface area (Å²) in [7, 11) is 0. The highest BCUT2D eigenvalue weighted by Gasteiger charge is 2.21. The monoisotopic (exact) mass is 811 g/mol. The van der Waals surface area contributed by atoms with E-state index in [1.165, 1.54) is 25.7 Å². The minimum absolute atomic E-state index is 0.00712. The van der Waals surface area contributed by atoms with Gasteiger partial charge in [-0.3, -0.25) is 14.5 Å². The van der Waals surface area contributed by atoms with Gasteiger partial charge in [-0.2, -0.15) is 0 Å². The van der Waals surface area contributed by atoms with Gasteiger partial charge in [-0.15, -0.1) is 0 Å². The molecule has 0 unspecified atom stereocenters. The van der Waals surface area contributed by atoms with E-state index in [1.807, 2.05) is 0 Å². The number of likely N-dealkylation sites (N-methyl/N-ethyl adjacent to an activating group) is 2. The average molecular weight is 811 g/mol. The fourth-order valence-electron chi connectivity index (χ4n) is 7.50. The van der Waals surface area contributed by atoms with Crippen molar-refractivity contribution in [2.24, 2.45) is 11.8 Å². The third-order valence-electron chi connectivity index (χ3n) is 11.6. The van der Waals surface area contributed by atoms with Gasteiger partial charge in [0.1, 0.15) is 12.7 Å². The molecule has 0 aliphatic heterocycles. The van der Waals surface area contributed by atoms with E-state index in [9.17, 15) is 14.4 Å². The van der Waals surface area contributed by atoms with Crippen LogP contribution in [0.25, 0.3) is 0 Å². The largest absolute Gasteiger partial charge is 0.508 e. The summed E-state index contributed by atoms with van der Waals surface area (Å²) in [6.07, 6.45) is 26.0. The van der Waals surface area contributed by atoms with Crippen LogP contribution in [0.3, 0.4) is 0 Å². The van der Waals surface area contributed by atoms with Crippen LogP contribution in [-0.4, -0.2) is 93.1 Å². The molecule has 57 heavy (non-hydrogen) atoms. The lowest BCUT2D eigenvalue weighted by Gasteiger charge is -2.25. The summed E-state index contributed by atoms with van der Waals surface area (Å²) >= 11 is 0. The van der Waals surface area contributed by atoms with Gasteiger partial charge in [0.05, 0.1) is 25.0 Å². The number of nitrogens with zero attached hydrogens (tertiary/aromatic N) is 2. The van der Waals surface area contributed by atoms with E-state index in [0.29, 0.717) is 26.4 Å². The molecule has 0 aliphatic rings. The summed E-state index contributed by atoms with van der Waals surface area (Å²) in [5.74, 6) is 0.0715. The maximum Gasteiger partial charge on any atom is 0.508 e. The molecule has 0 atom stereocenters. The molecule has 0 radical (unpaired) electrons. The molecule has 0 N–H and O–H groups in total. The van der Waals surface area contributed by atoms with Crippen LogP contribution in [0.1, 0.15) is 215 Å². The molecule has 0 bridgehead atoms. The van der Waals surface area contributed by atoms with E-state index in [2.05, 4.69) is 58.3 Å². The zero-order valence-electron chi connectivity index (χ0n) is 38.7. The third-order valence-corrected chi connectivity index (χ3v) is 11.6. The lowest BCUT2D eigenvalue weighted by atomic mass is 9.95. The normalized spacial score (nSPS) is 11.7. The van der Waals surface area contributed by atoms with E-state index in [4.69, 9.17) is 18.9 Å². The number of rotatable bonds is 42. The van der Waals surface area contributed by atoms with Gasteiger partial charge in [0.2, 0.25) is 0 Å². The molecule has 0 heterocycles. The number of hydrogen-bond donors (Lipinski definition) is 0. The lowest BCUT2D eigenvalue weighted by Crippen LogP contribution is -2.37. The molecule has 0 saturated heterocycles. The van der Waals surface area contributed by atoms with Crippen molar-refractivity contribution in [2.45, 2.75) is 222 Å². The number of carbonyl (C=O) groups excluding carboxylic acids is 3. The van der Waals surface area contributed by atoms with E-state index >= 15 is 0 Å². The molecule has 0 spiro atoms. The van der Waals surface area contributed by atoms with Crippen LogP contribution in [0, 0.1) is 11.8 Å². The maximum absolute atomic E-state index is 12.8. The number of unbranched alkanes of at least 4 members (excludes halogenated alkanes) is 14. The molecule has 338 valence electrons. The molecular weight excluding hydrogens is 717 g/mol. The van der Waals surface area contributed by atoms with E-state index in [0.717, 1.165) is 174 Å². The Bertz CT molecular complexity index is 845. The molecule has 0 fully saturated rings. The highest BCUT2D eigenvalue weighted by molar-refractivity contribution is 5.72. The second-order valence-corrected chi connectivity index (χ2v) is 16.4. The van der Waals surface area contributed by atoms with E-state index in [1.54, 1.807) is 0 Å². The number of esters is 2. The van der Waals surface area contributed by atoms with Crippen molar-refractivity contribution in [3.8, 4) is 0 Å². The quantitative estimate of drug-likeness (QED) is 0.0339. The summed E-state index contributed by atoms with van der Waals surface area (Å²) in [6.45, 7) is 22.3. The summed E-state index contributed by atoms with van der Waals surface area (Å²) in [5, 5.41) is 0. The first-order valence-electron chi connectivity index (χ1n) is 24.4. The van der Waals surface area contributed by atoms with Gasteiger partial charge < -0.3 is 23.8 Å². The van der Waals surface area contributed by atoms with Crippen molar-refractivity contribution in [3.63, 3.8) is 0 Å². The summed E-state index contributed by atoms with van der Waals surface area (Å²) in [4.78, 5) is 43.2. The fraction of sp³-hybridized carbons (Fsp3) is 0.938. The zero-order chi connectivity index (χ0) is 42.2. The van der Waals surface area contributed by atoms with Crippen LogP contribution < -0.4 is 0 Å². The smallest absolute Gasteiger partial charge is 0.465 e. The predicted molar refractivity (Wildman–Crippen MR) is 238 cm³/mol. The fourth-order valence-corrected chi connectivity index (χ4v) is 7.50. The predicted octanol–water partition coefficient (Wildman–Crippen LogP) is 12.7. The Balaban J connectivity index is 4.85. The Morgan fingerprint density at radius 3 is 1.14 bits per heavy atom. The minimum Gasteiger partial charge on any atom is -0.465 e. The number of carbonyl (C=O) groups is 3. The summed E-state index contributed by atoms with van der Waals surface area (Å²) in [6, 6.07) is 0. The van der Waals surface area contributed by atoms with E-state index < -0.39 is 6.16 Å². The Kier molecular flexibility index (Phi) is 39.5. The molecule has 0 aromatic rings. The van der Waals surface area contributed by atoms with Crippen LogP contribution in [-0.2, 0) is 28.5 Å². The van der Waals surface area contributed by atoms with Crippen LogP contribution >= 0.6 is 0 Å². The topological polar surface area (TPSA) is 94.6 Å². The first-order chi connectivity index (χ1) is 27.8.